The maximum Gasteiger partial charge on any atom is 0.152 e. The summed E-state index contributed by atoms with van der Waals surface area (Å²) in [6, 6.07) is 2.41. The SMILES string of the molecule is CC(O)C(N)c1cc(Cl)c(O)c(Cl)c1. The Morgan fingerprint density at radius 2 is 1.71 bits per heavy atom. The Morgan fingerprint density at radius 1 is 1.29 bits per heavy atom. The van der Waals surface area contributed by atoms with Crippen LogP contribution in [-0.2, 0) is 0 Å². The molecule has 0 aromatic heterocycles. The van der Waals surface area contributed by atoms with E-state index in [9.17, 15) is 10.2 Å². The van der Waals surface area contributed by atoms with E-state index in [0.29, 0.717) is 5.56 Å². The Kier molecular flexibility index (Phi) is 3.61. The van der Waals surface area contributed by atoms with Crippen molar-refractivity contribution in [3.63, 3.8) is 0 Å². The molecule has 1 rings (SSSR count). The van der Waals surface area contributed by atoms with Gasteiger partial charge >= 0.3 is 0 Å². The lowest BCUT2D eigenvalue weighted by Crippen LogP contribution is -2.23. The first kappa shape index (κ1) is 11.6. The minimum atomic E-state index is -0.702. The van der Waals surface area contributed by atoms with E-state index in [1.807, 2.05) is 0 Å². The number of aliphatic hydroxyl groups is 1. The van der Waals surface area contributed by atoms with Gasteiger partial charge in [-0.15, -0.1) is 0 Å². The van der Waals surface area contributed by atoms with E-state index >= 15 is 0 Å². The number of aliphatic hydroxyl groups excluding tert-OH is 1. The molecule has 14 heavy (non-hydrogen) atoms. The zero-order valence-electron chi connectivity index (χ0n) is 7.54. The van der Waals surface area contributed by atoms with Gasteiger partial charge in [0.15, 0.2) is 5.75 Å². The Morgan fingerprint density at radius 3 is 2.07 bits per heavy atom. The number of hydrogen-bond donors (Lipinski definition) is 3. The van der Waals surface area contributed by atoms with Crippen LogP contribution in [0.25, 0.3) is 0 Å². The minimum absolute atomic E-state index is 0.128. The molecule has 0 fully saturated rings. The summed E-state index contributed by atoms with van der Waals surface area (Å²) >= 11 is 11.4. The third-order valence-corrected chi connectivity index (χ3v) is 2.52. The van der Waals surface area contributed by atoms with Gasteiger partial charge in [-0.2, -0.15) is 0 Å². The highest BCUT2D eigenvalue weighted by Gasteiger charge is 2.15. The van der Waals surface area contributed by atoms with E-state index in [2.05, 4.69) is 0 Å². The van der Waals surface area contributed by atoms with Gasteiger partial charge in [0, 0.05) is 0 Å². The number of nitrogens with two attached hydrogens (primary N) is 1. The number of halogens is 2. The molecule has 78 valence electrons. The van der Waals surface area contributed by atoms with Crippen LogP contribution in [0.3, 0.4) is 0 Å². The number of aromatic hydroxyl groups is 1. The van der Waals surface area contributed by atoms with Crippen LogP contribution in [0.5, 0.6) is 5.75 Å². The summed E-state index contributed by atoms with van der Waals surface area (Å²) in [6.07, 6.45) is -0.702. The van der Waals surface area contributed by atoms with Gasteiger partial charge in [-0.1, -0.05) is 23.2 Å². The van der Waals surface area contributed by atoms with Crippen molar-refractivity contribution in [3.05, 3.63) is 27.7 Å². The van der Waals surface area contributed by atoms with Gasteiger partial charge in [-0.05, 0) is 24.6 Å². The van der Waals surface area contributed by atoms with E-state index in [-0.39, 0.29) is 15.8 Å². The first-order chi connectivity index (χ1) is 6.43. The van der Waals surface area contributed by atoms with E-state index in [0.717, 1.165) is 0 Å². The molecule has 2 unspecified atom stereocenters. The molecule has 0 heterocycles. The van der Waals surface area contributed by atoms with Crippen LogP contribution < -0.4 is 5.73 Å². The Balaban J connectivity index is 3.12. The molecule has 0 aliphatic heterocycles. The van der Waals surface area contributed by atoms with Crippen LogP contribution in [0, 0.1) is 0 Å². The van der Waals surface area contributed by atoms with E-state index in [1.165, 1.54) is 12.1 Å². The standard InChI is InChI=1S/C9H11Cl2NO2/c1-4(13)8(12)5-2-6(10)9(14)7(11)3-5/h2-4,8,13-14H,12H2,1H3. The zero-order chi connectivity index (χ0) is 10.9. The number of phenolic OH excluding ortho intramolecular Hbond substituents is 1. The van der Waals surface area contributed by atoms with Gasteiger partial charge in [0.05, 0.1) is 22.2 Å². The molecule has 3 nitrogen and oxygen atoms in total. The maximum atomic E-state index is 9.28. The van der Waals surface area contributed by atoms with Crippen LogP contribution in [0.2, 0.25) is 10.0 Å². The Hall–Kier alpha value is -0.480. The summed E-state index contributed by atoms with van der Waals surface area (Å²) in [5.74, 6) is -0.171. The van der Waals surface area contributed by atoms with Gasteiger partial charge in [-0.3, -0.25) is 0 Å². The third-order valence-electron chi connectivity index (χ3n) is 1.94. The van der Waals surface area contributed by atoms with Crippen LogP contribution in [0.4, 0.5) is 0 Å². The molecule has 5 heteroatoms. The first-order valence-electron chi connectivity index (χ1n) is 4.05. The summed E-state index contributed by atoms with van der Waals surface area (Å²) in [5, 5.41) is 18.8. The topological polar surface area (TPSA) is 66.5 Å². The van der Waals surface area contributed by atoms with Crippen molar-refractivity contribution in [2.75, 3.05) is 0 Å². The van der Waals surface area contributed by atoms with Gasteiger partial charge in [-0.25, -0.2) is 0 Å². The molecule has 1 aromatic carbocycles. The zero-order valence-corrected chi connectivity index (χ0v) is 9.05. The molecular formula is C9H11Cl2NO2. The summed E-state index contributed by atoms with van der Waals surface area (Å²) in [6.45, 7) is 1.57. The van der Waals surface area contributed by atoms with Crippen molar-refractivity contribution < 1.29 is 10.2 Å². The fourth-order valence-corrected chi connectivity index (χ4v) is 1.56. The predicted octanol–water partition coefficient (Wildman–Crippen LogP) is 2.08. The normalized spacial score (nSPS) is 15.2. The molecule has 0 saturated carbocycles. The summed E-state index contributed by atoms with van der Waals surface area (Å²) in [5.41, 5.74) is 6.27. The Labute approximate surface area is 92.1 Å². The average molecular weight is 236 g/mol. The molecule has 0 spiro atoms. The second-order valence-corrected chi connectivity index (χ2v) is 3.91. The highest BCUT2D eigenvalue weighted by Crippen LogP contribution is 2.34. The third kappa shape index (κ3) is 2.30. The Bertz CT molecular complexity index is 319. The lowest BCUT2D eigenvalue weighted by atomic mass is 10.0. The fourth-order valence-electron chi connectivity index (χ4n) is 1.06. The molecule has 2 atom stereocenters. The van der Waals surface area contributed by atoms with Crippen molar-refractivity contribution in [2.45, 2.75) is 19.1 Å². The van der Waals surface area contributed by atoms with E-state index in [4.69, 9.17) is 28.9 Å². The molecule has 0 saturated heterocycles. The van der Waals surface area contributed by atoms with Crippen molar-refractivity contribution in [1.82, 2.24) is 0 Å². The molecular weight excluding hydrogens is 225 g/mol. The number of phenols is 1. The van der Waals surface area contributed by atoms with Gasteiger partial charge in [0.1, 0.15) is 0 Å². The highest BCUT2D eigenvalue weighted by molar-refractivity contribution is 6.37. The molecule has 4 N–H and O–H groups in total. The number of benzene rings is 1. The molecule has 0 aliphatic carbocycles. The second-order valence-electron chi connectivity index (χ2n) is 3.10. The van der Waals surface area contributed by atoms with Crippen LogP contribution in [-0.4, -0.2) is 16.3 Å². The molecule has 0 radical (unpaired) electrons. The van der Waals surface area contributed by atoms with Gasteiger partial charge in [0.25, 0.3) is 0 Å². The minimum Gasteiger partial charge on any atom is -0.505 e. The summed E-state index contributed by atoms with van der Waals surface area (Å²) in [7, 11) is 0. The summed E-state index contributed by atoms with van der Waals surface area (Å²) < 4.78 is 0. The first-order valence-corrected chi connectivity index (χ1v) is 4.80. The average Bonchev–Trinajstić information content (AvgIpc) is 2.12. The van der Waals surface area contributed by atoms with E-state index in [1.54, 1.807) is 6.92 Å². The maximum absolute atomic E-state index is 9.28. The molecule has 0 amide bonds. The number of hydrogen-bond acceptors (Lipinski definition) is 3. The molecule has 0 bridgehead atoms. The van der Waals surface area contributed by atoms with E-state index < -0.39 is 12.1 Å². The lowest BCUT2D eigenvalue weighted by Gasteiger charge is -2.16. The van der Waals surface area contributed by atoms with Crippen molar-refractivity contribution in [1.29, 1.82) is 0 Å². The molecule has 0 aliphatic rings. The van der Waals surface area contributed by atoms with Crippen LogP contribution in [0.1, 0.15) is 18.5 Å². The summed E-state index contributed by atoms with van der Waals surface area (Å²) in [4.78, 5) is 0. The van der Waals surface area contributed by atoms with Crippen LogP contribution in [0.15, 0.2) is 12.1 Å². The van der Waals surface area contributed by atoms with Crippen molar-refractivity contribution in [2.24, 2.45) is 5.73 Å². The second kappa shape index (κ2) is 4.36. The highest BCUT2D eigenvalue weighted by atomic mass is 35.5. The molecule has 1 aromatic rings. The largest absolute Gasteiger partial charge is 0.505 e. The van der Waals surface area contributed by atoms with Crippen LogP contribution >= 0.6 is 23.2 Å². The fraction of sp³-hybridized carbons (Fsp3) is 0.333. The van der Waals surface area contributed by atoms with Crippen molar-refractivity contribution >= 4 is 23.2 Å². The van der Waals surface area contributed by atoms with Gasteiger partial charge < -0.3 is 15.9 Å². The van der Waals surface area contributed by atoms with Gasteiger partial charge in [0.2, 0.25) is 0 Å². The predicted molar refractivity (Wildman–Crippen MR) is 56.7 cm³/mol. The lowest BCUT2D eigenvalue weighted by molar-refractivity contribution is 0.164. The smallest absolute Gasteiger partial charge is 0.152 e. The van der Waals surface area contributed by atoms with Crippen molar-refractivity contribution in [3.8, 4) is 5.75 Å². The monoisotopic (exact) mass is 235 g/mol. The number of rotatable bonds is 2. The quantitative estimate of drug-likeness (QED) is 0.736.